The van der Waals surface area contributed by atoms with Gasteiger partial charge < -0.3 is 5.32 Å². The van der Waals surface area contributed by atoms with Crippen LogP contribution in [0.3, 0.4) is 0 Å². The molecule has 0 spiro atoms. The van der Waals surface area contributed by atoms with Crippen molar-refractivity contribution in [3.63, 3.8) is 0 Å². The number of carbonyl (C=O) groups is 1. The molecule has 0 fully saturated rings. The van der Waals surface area contributed by atoms with Crippen molar-refractivity contribution in [3.8, 4) is 0 Å². The molecule has 2 rings (SSSR count). The maximum Gasteiger partial charge on any atom is 0.288 e. The number of amides is 1. The highest BCUT2D eigenvalue weighted by Crippen LogP contribution is 2.04. The first kappa shape index (κ1) is 7.66. The molecule has 0 atom stereocenters. The highest BCUT2D eigenvalue weighted by molar-refractivity contribution is 5.91. The van der Waals surface area contributed by atoms with Crippen molar-refractivity contribution in [1.82, 2.24) is 25.5 Å². The van der Waals surface area contributed by atoms with E-state index in [4.69, 9.17) is 0 Å². The van der Waals surface area contributed by atoms with Crippen molar-refractivity contribution in [3.05, 3.63) is 18.2 Å². The van der Waals surface area contributed by atoms with Crippen LogP contribution in [0.15, 0.2) is 12.4 Å². The molecule has 6 nitrogen and oxygen atoms in total. The fraction of sp³-hybridized carbons (Fsp3) is 0.143. The number of H-pyrrole nitrogens is 1. The number of fused-ring (bicyclic) bond motifs is 1. The van der Waals surface area contributed by atoms with Crippen molar-refractivity contribution >= 4 is 16.9 Å². The summed E-state index contributed by atoms with van der Waals surface area (Å²) < 4.78 is 0. The molecule has 2 aromatic rings. The Labute approximate surface area is 73.4 Å². The Balaban J connectivity index is 2.54. The second-order valence-corrected chi connectivity index (χ2v) is 2.44. The van der Waals surface area contributed by atoms with Gasteiger partial charge in [-0.25, -0.2) is 9.97 Å². The lowest BCUT2D eigenvalue weighted by atomic mass is 10.4. The normalized spacial score (nSPS) is 10.2. The lowest BCUT2D eigenvalue weighted by Gasteiger charge is -1.95. The van der Waals surface area contributed by atoms with Gasteiger partial charge in [-0.15, -0.1) is 0 Å². The van der Waals surface area contributed by atoms with Crippen LogP contribution in [-0.2, 0) is 0 Å². The Hall–Kier alpha value is -1.98. The van der Waals surface area contributed by atoms with Crippen LogP contribution in [0.2, 0.25) is 0 Å². The molecule has 0 aromatic carbocycles. The molecule has 0 unspecified atom stereocenters. The summed E-state index contributed by atoms with van der Waals surface area (Å²) in [5.41, 5.74) is 1.35. The molecule has 6 heteroatoms. The number of carbonyl (C=O) groups excluding carboxylic acids is 1. The first-order chi connectivity index (χ1) is 6.31. The van der Waals surface area contributed by atoms with E-state index in [-0.39, 0.29) is 11.7 Å². The summed E-state index contributed by atoms with van der Waals surface area (Å²) in [6.07, 6.45) is 3.07. The van der Waals surface area contributed by atoms with Crippen LogP contribution in [0.4, 0.5) is 0 Å². The molecular weight excluding hydrogens is 170 g/mol. The average molecular weight is 177 g/mol. The van der Waals surface area contributed by atoms with Crippen LogP contribution in [0.1, 0.15) is 10.6 Å². The highest BCUT2D eigenvalue weighted by atomic mass is 16.2. The minimum atomic E-state index is -0.303. The van der Waals surface area contributed by atoms with E-state index in [9.17, 15) is 4.79 Å². The minimum Gasteiger partial charge on any atom is -0.352 e. The van der Waals surface area contributed by atoms with Gasteiger partial charge in [0.1, 0.15) is 11.0 Å². The van der Waals surface area contributed by atoms with Crippen LogP contribution in [0.5, 0.6) is 0 Å². The second kappa shape index (κ2) is 2.81. The van der Waals surface area contributed by atoms with Crippen molar-refractivity contribution in [2.75, 3.05) is 7.05 Å². The predicted octanol–water partition coefficient (Wildman–Crippen LogP) is -0.288. The van der Waals surface area contributed by atoms with E-state index in [1.165, 1.54) is 13.2 Å². The highest BCUT2D eigenvalue weighted by Gasteiger charge is 2.07. The maximum absolute atomic E-state index is 11.1. The molecule has 0 saturated heterocycles. The van der Waals surface area contributed by atoms with E-state index >= 15 is 0 Å². The summed E-state index contributed by atoms with van der Waals surface area (Å²) in [5.74, 6) is -0.153. The fourth-order valence-electron chi connectivity index (χ4n) is 0.964. The third kappa shape index (κ3) is 1.22. The smallest absolute Gasteiger partial charge is 0.288 e. The van der Waals surface area contributed by atoms with Crippen LogP contribution in [0.25, 0.3) is 11.0 Å². The van der Waals surface area contributed by atoms with Crippen LogP contribution in [0, 0.1) is 0 Å². The van der Waals surface area contributed by atoms with E-state index in [1.54, 1.807) is 6.20 Å². The summed E-state index contributed by atoms with van der Waals surface area (Å²) in [6.45, 7) is 0. The lowest BCUT2D eigenvalue weighted by molar-refractivity contribution is 0.0953. The second-order valence-electron chi connectivity index (χ2n) is 2.44. The number of rotatable bonds is 1. The van der Waals surface area contributed by atoms with Crippen LogP contribution < -0.4 is 5.32 Å². The molecule has 2 N–H and O–H groups in total. The Morgan fingerprint density at radius 1 is 1.54 bits per heavy atom. The third-order valence-corrected chi connectivity index (χ3v) is 1.62. The Kier molecular flexibility index (Phi) is 1.66. The van der Waals surface area contributed by atoms with Gasteiger partial charge >= 0.3 is 0 Å². The minimum absolute atomic E-state index is 0.149. The Morgan fingerprint density at radius 2 is 2.38 bits per heavy atom. The van der Waals surface area contributed by atoms with Gasteiger partial charge in [-0.1, -0.05) is 0 Å². The van der Waals surface area contributed by atoms with E-state index < -0.39 is 0 Å². The molecule has 2 aromatic heterocycles. The van der Waals surface area contributed by atoms with E-state index in [0.29, 0.717) is 11.0 Å². The van der Waals surface area contributed by atoms with E-state index in [2.05, 4.69) is 25.5 Å². The number of aromatic amines is 1. The van der Waals surface area contributed by atoms with Crippen LogP contribution >= 0.6 is 0 Å². The molecule has 66 valence electrons. The van der Waals surface area contributed by atoms with Gasteiger partial charge in [-0.05, 0) is 0 Å². The molecule has 0 saturated carbocycles. The zero-order valence-corrected chi connectivity index (χ0v) is 6.90. The zero-order chi connectivity index (χ0) is 9.26. The van der Waals surface area contributed by atoms with Gasteiger partial charge in [-0.2, -0.15) is 5.10 Å². The van der Waals surface area contributed by atoms with Crippen LogP contribution in [-0.4, -0.2) is 33.1 Å². The number of aromatic nitrogens is 4. The molecule has 2 heterocycles. The summed E-state index contributed by atoms with van der Waals surface area (Å²) in [5, 5.41) is 8.91. The number of nitrogens with one attached hydrogen (secondary N) is 2. The number of nitrogens with zero attached hydrogens (tertiary/aromatic N) is 3. The van der Waals surface area contributed by atoms with Crippen molar-refractivity contribution in [2.45, 2.75) is 0 Å². The molecule has 0 aliphatic rings. The topological polar surface area (TPSA) is 83.6 Å². The van der Waals surface area contributed by atoms with Gasteiger partial charge in [-0.3, -0.25) is 9.89 Å². The summed E-state index contributed by atoms with van der Waals surface area (Å²) in [6, 6.07) is 0. The van der Waals surface area contributed by atoms with Gasteiger partial charge in [0, 0.05) is 7.05 Å². The SMILES string of the molecule is CNC(=O)c1ncc2[nH]ncc2n1. The van der Waals surface area contributed by atoms with Crippen molar-refractivity contribution < 1.29 is 4.79 Å². The zero-order valence-electron chi connectivity index (χ0n) is 6.90. The van der Waals surface area contributed by atoms with Gasteiger partial charge in [0.05, 0.1) is 12.4 Å². The van der Waals surface area contributed by atoms with E-state index in [0.717, 1.165) is 0 Å². The molecule has 0 radical (unpaired) electrons. The monoisotopic (exact) mass is 177 g/mol. The Morgan fingerprint density at radius 3 is 3.15 bits per heavy atom. The molecule has 1 amide bonds. The van der Waals surface area contributed by atoms with Gasteiger partial charge in [0.15, 0.2) is 0 Å². The van der Waals surface area contributed by atoms with E-state index in [1.807, 2.05) is 0 Å². The quantitative estimate of drug-likeness (QED) is 0.627. The maximum atomic E-state index is 11.1. The van der Waals surface area contributed by atoms with Crippen molar-refractivity contribution in [2.24, 2.45) is 0 Å². The first-order valence-corrected chi connectivity index (χ1v) is 3.69. The molecule has 0 aliphatic carbocycles. The molecule has 0 aliphatic heterocycles. The number of hydrogen-bond acceptors (Lipinski definition) is 4. The fourth-order valence-corrected chi connectivity index (χ4v) is 0.964. The summed E-state index contributed by atoms with van der Waals surface area (Å²) >= 11 is 0. The average Bonchev–Trinajstić information content (AvgIpc) is 2.63. The third-order valence-electron chi connectivity index (χ3n) is 1.62. The molecule has 13 heavy (non-hydrogen) atoms. The lowest BCUT2D eigenvalue weighted by Crippen LogP contribution is -2.20. The molecular formula is C7H7N5O. The van der Waals surface area contributed by atoms with Gasteiger partial charge in [0.2, 0.25) is 5.82 Å². The summed E-state index contributed by atoms with van der Waals surface area (Å²) in [7, 11) is 1.53. The molecule has 0 bridgehead atoms. The standard InChI is InChI=1S/C7H7N5O/c1-8-7(13)6-9-2-5-4(11-6)3-10-12-5/h2-3H,1H3,(H,8,13)(H,10,12). The Bertz CT molecular complexity index is 449. The first-order valence-electron chi connectivity index (χ1n) is 3.69. The predicted molar refractivity (Wildman–Crippen MR) is 45.1 cm³/mol. The largest absolute Gasteiger partial charge is 0.352 e. The van der Waals surface area contributed by atoms with Gasteiger partial charge in [0.25, 0.3) is 5.91 Å². The van der Waals surface area contributed by atoms with Crippen molar-refractivity contribution in [1.29, 1.82) is 0 Å². The number of hydrogen-bond donors (Lipinski definition) is 2. The summed E-state index contributed by atoms with van der Waals surface area (Å²) in [4.78, 5) is 19.0.